The van der Waals surface area contributed by atoms with Gasteiger partial charge in [0, 0.05) is 42.9 Å². The van der Waals surface area contributed by atoms with Gasteiger partial charge in [-0.15, -0.1) is 0 Å². The molecule has 1 aliphatic rings. The zero-order valence-electron chi connectivity index (χ0n) is 17.1. The summed E-state index contributed by atoms with van der Waals surface area (Å²) in [5.74, 6) is 0.803. The van der Waals surface area contributed by atoms with Gasteiger partial charge >= 0.3 is 0 Å². The average molecular weight is 380 g/mol. The average Bonchev–Trinajstić information content (AvgIpc) is 2.68. The fourth-order valence-electron chi connectivity index (χ4n) is 4.18. The fraction of sp³-hybridized carbons (Fsp3) is 0.409. The lowest BCUT2D eigenvalue weighted by Crippen LogP contribution is -2.49. The Morgan fingerprint density at radius 3 is 2.57 bits per heavy atom. The monoisotopic (exact) mass is 380 g/mol. The van der Waals surface area contributed by atoms with Gasteiger partial charge in [0.2, 0.25) is 5.91 Å². The number of carbonyl (C=O) groups excluding carboxylic acids is 2. The summed E-state index contributed by atoms with van der Waals surface area (Å²) >= 11 is 0. The summed E-state index contributed by atoms with van der Waals surface area (Å²) < 4.78 is 0. The van der Waals surface area contributed by atoms with Crippen LogP contribution in [-0.2, 0) is 4.79 Å². The first-order chi connectivity index (χ1) is 13.4. The summed E-state index contributed by atoms with van der Waals surface area (Å²) in [5, 5.41) is 6.23. The number of hydrogen-bond donors (Lipinski definition) is 2. The summed E-state index contributed by atoms with van der Waals surface area (Å²) in [6.07, 6.45) is 0.844. The number of aryl methyl sites for hydroxylation is 1. The first kappa shape index (κ1) is 19.9. The molecule has 1 aliphatic heterocycles. The van der Waals surface area contributed by atoms with Gasteiger partial charge in [-0.05, 0) is 49.2 Å². The number of benzene rings is 1. The second kappa shape index (κ2) is 8.00. The Morgan fingerprint density at radius 1 is 1.21 bits per heavy atom. The third-order valence-electron chi connectivity index (χ3n) is 5.52. The zero-order valence-corrected chi connectivity index (χ0v) is 17.1. The van der Waals surface area contributed by atoms with Gasteiger partial charge < -0.3 is 15.5 Å². The van der Waals surface area contributed by atoms with E-state index in [2.05, 4.69) is 29.5 Å². The van der Waals surface area contributed by atoms with E-state index in [1.807, 2.05) is 42.2 Å². The van der Waals surface area contributed by atoms with Crippen molar-refractivity contribution in [3.8, 4) is 0 Å². The standard InChI is InChI=1S/C22H28N4O2/c1-6-18-14(3)21(25-20-9-7-8-13(2)24-20)17-12-16(22(28)23-5)10-11-19(17)26(18)15(4)27/h7-12,14,18,21H,6H2,1-5H3,(H,23,28)(H,24,25)/t14-,18?,21?/m0/s1. The number of nitrogens with zero attached hydrogens (tertiary/aromatic N) is 2. The number of rotatable bonds is 4. The van der Waals surface area contributed by atoms with Crippen molar-refractivity contribution < 1.29 is 9.59 Å². The van der Waals surface area contributed by atoms with E-state index in [4.69, 9.17) is 0 Å². The maximum absolute atomic E-state index is 12.5. The summed E-state index contributed by atoms with van der Waals surface area (Å²) in [6, 6.07) is 11.4. The van der Waals surface area contributed by atoms with Gasteiger partial charge in [-0.1, -0.05) is 19.9 Å². The van der Waals surface area contributed by atoms with Crippen molar-refractivity contribution in [1.82, 2.24) is 10.3 Å². The molecule has 2 N–H and O–H groups in total. The first-order valence-electron chi connectivity index (χ1n) is 9.73. The number of anilines is 2. The van der Waals surface area contributed by atoms with Crippen molar-refractivity contribution in [3.63, 3.8) is 0 Å². The zero-order chi connectivity index (χ0) is 20.4. The number of pyridine rings is 1. The molecule has 0 fully saturated rings. The van der Waals surface area contributed by atoms with Gasteiger partial charge in [-0.2, -0.15) is 0 Å². The van der Waals surface area contributed by atoms with E-state index in [9.17, 15) is 9.59 Å². The van der Waals surface area contributed by atoms with Crippen LogP contribution in [-0.4, -0.2) is 29.9 Å². The maximum atomic E-state index is 12.5. The van der Waals surface area contributed by atoms with Gasteiger partial charge in [-0.3, -0.25) is 9.59 Å². The van der Waals surface area contributed by atoms with E-state index >= 15 is 0 Å². The molecular weight excluding hydrogens is 352 g/mol. The van der Waals surface area contributed by atoms with Crippen LogP contribution in [0.1, 0.15) is 54.8 Å². The van der Waals surface area contributed by atoms with Gasteiger partial charge in [0.05, 0.1) is 6.04 Å². The number of fused-ring (bicyclic) bond motifs is 1. The van der Waals surface area contributed by atoms with E-state index in [1.54, 1.807) is 20.0 Å². The number of hydrogen-bond acceptors (Lipinski definition) is 4. The predicted molar refractivity (Wildman–Crippen MR) is 112 cm³/mol. The van der Waals surface area contributed by atoms with Crippen LogP contribution < -0.4 is 15.5 Å². The largest absolute Gasteiger partial charge is 0.363 e. The molecule has 0 spiro atoms. The maximum Gasteiger partial charge on any atom is 0.251 e. The molecule has 1 aromatic carbocycles. The predicted octanol–water partition coefficient (Wildman–Crippen LogP) is 3.68. The molecule has 3 rings (SSSR count). The molecule has 2 aromatic rings. The molecule has 0 aliphatic carbocycles. The van der Waals surface area contributed by atoms with Crippen LogP contribution in [0.25, 0.3) is 0 Å². The molecule has 2 heterocycles. The molecule has 0 saturated heterocycles. The molecule has 2 amide bonds. The van der Waals surface area contributed by atoms with Crippen LogP contribution in [0.15, 0.2) is 36.4 Å². The number of nitrogens with one attached hydrogen (secondary N) is 2. The normalized spacial score (nSPS) is 21.0. The Balaban J connectivity index is 2.13. The Labute approximate surface area is 166 Å². The van der Waals surface area contributed by atoms with Crippen molar-refractivity contribution in [2.75, 3.05) is 17.3 Å². The Kier molecular flexibility index (Phi) is 5.68. The van der Waals surface area contributed by atoms with Gasteiger partial charge in [-0.25, -0.2) is 4.98 Å². The van der Waals surface area contributed by atoms with Crippen molar-refractivity contribution in [2.24, 2.45) is 5.92 Å². The number of aromatic nitrogens is 1. The van der Waals surface area contributed by atoms with E-state index in [0.29, 0.717) is 5.56 Å². The second-order valence-corrected chi connectivity index (χ2v) is 7.36. The van der Waals surface area contributed by atoms with Crippen LogP contribution in [0, 0.1) is 12.8 Å². The molecular formula is C22H28N4O2. The summed E-state index contributed by atoms with van der Waals surface area (Å²) in [4.78, 5) is 31.1. The topological polar surface area (TPSA) is 74.3 Å². The smallest absolute Gasteiger partial charge is 0.251 e. The Morgan fingerprint density at radius 2 is 1.96 bits per heavy atom. The molecule has 6 heteroatoms. The third-order valence-corrected chi connectivity index (χ3v) is 5.52. The van der Waals surface area contributed by atoms with Crippen molar-refractivity contribution in [1.29, 1.82) is 0 Å². The van der Waals surface area contributed by atoms with Crippen molar-refractivity contribution in [2.45, 2.75) is 46.2 Å². The van der Waals surface area contributed by atoms with Crippen LogP contribution in [0.5, 0.6) is 0 Å². The van der Waals surface area contributed by atoms with Crippen LogP contribution >= 0.6 is 0 Å². The lowest BCUT2D eigenvalue weighted by Gasteiger charge is -2.45. The fourth-order valence-corrected chi connectivity index (χ4v) is 4.18. The quantitative estimate of drug-likeness (QED) is 0.848. The molecule has 0 saturated carbocycles. The number of amides is 2. The molecule has 0 radical (unpaired) electrons. The highest BCUT2D eigenvalue weighted by Crippen LogP contribution is 2.43. The van der Waals surface area contributed by atoms with Crippen LogP contribution in [0.2, 0.25) is 0 Å². The van der Waals surface area contributed by atoms with E-state index < -0.39 is 0 Å². The highest BCUT2D eigenvalue weighted by Gasteiger charge is 2.40. The third kappa shape index (κ3) is 3.59. The van der Waals surface area contributed by atoms with Crippen LogP contribution in [0.3, 0.4) is 0 Å². The highest BCUT2D eigenvalue weighted by molar-refractivity contribution is 5.97. The van der Waals surface area contributed by atoms with Gasteiger partial charge in [0.25, 0.3) is 5.91 Å². The highest BCUT2D eigenvalue weighted by atomic mass is 16.2. The molecule has 28 heavy (non-hydrogen) atoms. The molecule has 6 nitrogen and oxygen atoms in total. The van der Waals surface area contributed by atoms with Crippen molar-refractivity contribution in [3.05, 3.63) is 53.2 Å². The van der Waals surface area contributed by atoms with Gasteiger partial charge in [0.1, 0.15) is 5.82 Å². The summed E-state index contributed by atoms with van der Waals surface area (Å²) in [6.45, 7) is 7.80. The molecule has 148 valence electrons. The molecule has 2 unspecified atom stereocenters. The SMILES string of the molecule is CCC1[C@H](C)C(Nc2cccc(C)n2)c2cc(C(=O)NC)ccc2N1C(C)=O. The minimum Gasteiger partial charge on any atom is -0.363 e. The minimum atomic E-state index is -0.144. The van der Waals surface area contributed by atoms with E-state index in [-0.39, 0.29) is 29.8 Å². The summed E-state index contributed by atoms with van der Waals surface area (Å²) in [5.41, 5.74) is 3.31. The second-order valence-electron chi connectivity index (χ2n) is 7.36. The lowest BCUT2D eigenvalue weighted by atomic mass is 9.80. The molecule has 3 atom stereocenters. The van der Waals surface area contributed by atoms with Crippen LogP contribution in [0.4, 0.5) is 11.5 Å². The number of carbonyl (C=O) groups is 2. The Bertz CT molecular complexity index is 896. The molecule has 1 aromatic heterocycles. The van der Waals surface area contributed by atoms with Crippen molar-refractivity contribution >= 4 is 23.3 Å². The Hall–Kier alpha value is -2.89. The minimum absolute atomic E-state index is 0.0137. The van der Waals surface area contributed by atoms with E-state index in [0.717, 1.165) is 29.2 Å². The van der Waals surface area contributed by atoms with Gasteiger partial charge in [0.15, 0.2) is 0 Å². The summed E-state index contributed by atoms with van der Waals surface area (Å²) in [7, 11) is 1.62. The molecule has 0 bridgehead atoms. The lowest BCUT2D eigenvalue weighted by molar-refractivity contribution is -0.117. The first-order valence-corrected chi connectivity index (χ1v) is 9.73. The van der Waals surface area contributed by atoms with E-state index in [1.165, 1.54) is 0 Å².